The topological polar surface area (TPSA) is 85.1 Å². The number of carbonyl (C=O) groups is 2. The molecule has 7 nitrogen and oxygen atoms in total. The van der Waals surface area contributed by atoms with Gasteiger partial charge in [0.1, 0.15) is 11.8 Å². The van der Waals surface area contributed by atoms with Gasteiger partial charge < -0.3 is 20.1 Å². The highest BCUT2D eigenvalue weighted by Gasteiger charge is 2.25. The van der Waals surface area contributed by atoms with Crippen LogP contribution in [0.25, 0.3) is 0 Å². The third kappa shape index (κ3) is 9.37. The number of nitrogens with two attached hydrogens (primary N) is 1. The Morgan fingerprint density at radius 2 is 1.67 bits per heavy atom. The van der Waals surface area contributed by atoms with E-state index in [1.54, 1.807) is 0 Å². The van der Waals surface area contributed by atoms with Crippen LogP contribution in [0.2, 0.25) is 0 Å². The van der Waals surface area contributed by atoms with Gasteiger partial charge in [-0.3, -0.25) is 14.5 Å². The van der Waals surface area contributed by atoms with Gasteiger partial charge in [0, 0.05) is 44.7 Å². The molecule has 0 saturated carbocycles. The van der Waals surface area contributed by atoms with E-state index in [-0.39, 0.29) is 18.3 Å². The monoisotopic (exact) mass is 495 g/mol. The first-order valence-corrected chi connectivity index (χ1v) is 13.2. The van der Waals surface area contributed by atoms with Gasteiger partial charge in [0.15, 0.2) is 5.78 Å². The van der Waals surface area contributed by atoms with Crippen LogP contribution in [0, 0.1) is 0 Å². The molecule has 1 unspecified atom stereocenters. The van der Waals surface area contributed by atoms with Crippen molar-refractivity contribution in [1.82, 2.24) is 9.80 Å². The van der Waals surface area contributed by atoms with E-state index >= 15 is 0 Å². The molecule has 1 saturated heterocycles. The second-order valence-electron chi connectivity index (χ2n) is 9.38. The van der Waals surface area contributed by atoms with Crippen LogP contribution in [-0.4, -0.2) is 73.5 Å². The Labute approximate surface area is 215 Å². The number of ketones is 1. The Morgan fingerprint density at radius 1 is 0.944 bits per heavy atom. The number of Topliss-reactive ketones (excluding diaryl/α,β-unsaturated/α-hetero) is 1. The Balaban J connectivity index is 1.27. The van der Waals surface area contributed by atoms with Crippen molar-refractivity contribution in [3.05, 3.63) is 65.7 Å². The Morgan fingerprint density at radius 3 is 2.36 bits per heavy atom. The molecule has 196 valence electrons. The van der Waals surface area contributed by atoms with E-state index in [0.29, 0.717) is 32.7 Å². The molecule has 2 aromatic rings. The first kappa shape index (κ1) is 27.8. The Kier molecular flexibility index (Phi) is 11.9. The molecule has 1 amide bonds. The highest BCUT2D eigenvalue weighted by molar-refractivity contribution is 5.96. The van der Waals surface area contributed by atoms with E-state index in [1.165, 1.54) is 0 Å². The fraction of sp³-hybridized carbons (Fsp3) is 0.517. The van der Waals surface area contributed by atoms with Crippen molar-refractivity contribution >= 4 is 11.7 Å². The molecule has 1 fully saturated rings. The van der Waals surface area contributed by atoms with Crippen molar-refractivity contribution in [2.75, 3.05) is 45.9 Å². The lowest BCUT2D eigenvalue weighted by Crippen LogP contribution is -2.54. The summed E-state index contributed by atoms with van der Waals surface area (Å²) in [5.74, 6) is 0.950. The van der Waals surface area contributed by atoms with E-state index < -0.39 is 6.04 Å². The van der Waals surface area contributed by atoms with Crippen LogP contribution >= 0.6 is 0 Å². The molecular formula is C29H41N3O4. The van der Waals surface area contributed by atoms with Gasteiger partial charge in [-0.15, -0.1) is 0 Å². The van der Waals surface area contributed by atoms with Gasteiger partial charge in [-0.1, -0.05) is 50.1 Å². The maximum absolute atomic E-state index is 12.7. The van der Waals surface area contributed by atoms with Crippen molar-refractivity contribution in [3.8, 4) is 5.75 Å². The largest absolute Gasteiger partial charge is 0.494 e. The third-order valence-corrected chi connectivity index (χ3v) is 6.48. The van der Waals surface area contributed by atoms with Crippen molar-refractivity contribution in [3.63, 3.8) is 0 Å². The molecule has 1 aliphatic heterocycles. The van der Waals surface area contributed by atoms with Gasteiger partial charge in [0.05, 0.1) is 19.8 Å². The van der Waals surface area contributed by atoms with Crippen LogP contribution in [0.5, 0.6) is 5.75 Å². The third-order valence-electron chi connectivity index (χ3n) is 6.48. The van der Waals surface area contributed by atoms with Crippen LogP contribution < -0.4 is 10.5 Å². The van der Waals surface area contributed by atoms with Crippen molar-refractivity contribution in [2.45, 2.75) is 51.7 Å². The molecule has 2 N–H and O–H groups in total. The zero-order valence-electron chi connectivity index (χ0n) is 21.6. The lowest BCUT2D eigenvalue weighted by Gasteiger charge is -2.35. The van der Waals surface area contributed by atoms with E-state index in [0.717, 1.165) is 62.2 Å². The van der Waals surface area contributed by atoms with Gasteiger partial charge in [-0.2, -0.15) is 0 Å². The number of hydrogen-bond acceptors (Lipinski definition) is 6. The van der Waals surface area contributed by atoms with Gasteiger partial charge in [0.25, 0.3) is 0 Å². The zero-order valence-corrected chi connectivity index (χ0v) is 21.6. The highest BCUT2D eigenvalue weighted by atomic mass is 16.5. The van der Waals surface area contributed by atoms with E-state index in [9.17, 15) is 9.59 Å². The van der Waals surface area contributed by atoms with Crippen LogP contribution in [0.1, 0.15) is 54.9 Å². The van der Waals surface area contributed by atoms with Gasteiger partial charge in [0.2, 0.25) is 5.91 Å². The summed E-state index contributed by atoms with van der Waals surface area (Å²) in [6.07, 6.45) is 4.67. The van der Waals surface area contributed by atoms with Gasteiger partial charge in [-0.05, 0) is 42.7 Å². The first-order valence-electron chi connectivity index (χ1n) is 13.2. The SMILES string of the molecule is CCCCCC(=O)c1ccc(OCCCN2CCN(C(=O)C(N)COCc3ccccc3)CC2)cc1. The number of piperazine rings is 1. The molecular weight excluding hydrogens is 454 g/mol. The first-order chi connectivity index (χ1) is 17.6. The number of rotatable bonds is 15. The number of ether oxygens (including phenoxy) is 2. The zero-order chi connectivity index (χ0) is 25.6. The lowest BCUT2D eigenvalue weighted by molar-refractivity contribution is -0.135. The summed E-state index contributed by atoms with van der Waals surface area (Å²) >= 11 is 0. The molecule has 1 aliphatic rings. The molecule has 3 rings (SSSR count). The minimum absolute atomic E-state index is 0.0432. The summed E-state index contributed by atoms with van der Waals surface area (Å²) in [5.41, 5.74) is 7.92. The maximum atomic E-state index is 12.7. The summed E-state index contributed by atoms with van der Waals surface area (Å²) in [7, 11) is 0. The average Bonchev–Trinajstić information content (AvgIpc) is 2.92. The fourth-order valence-electron chi connectivity index (χ4n) is 4.27. The minimum Gasteiger partial charge on any atom is -0.494 e. The predicted molar refractivity (Wildman–Crippen MR) is 142 cm³/mol. The van der Waals surface area contributed by atoms with Crippen LogP contribution in [-0.2, 0) is 16.1 Å². The summed E-state index contributed by atoms with van der Waals surface area (Å²) in [6, 6.07) is 16.7. The second-order valence-corrected chi connectivity index (χ2v) is 9.38. The number of hydrogen-bond donors (Lipinski definition) is 1. The molecule has 0 radical (unpaired) electrons. The summed E-state index contributed by atoms with van der Waals surface area (Å²) < 4.78 is 11.5. The molecule has 0 aliphatic carbocycles. The summed E-state index contributed by atoms with van der Waals surface area (Å²) in [4.78, 5) is 29.0. The smallest absolute Gasteiger partial charge is 0.241 e. The summed E-state index contributed by atoms with van der Waals surface area (Å²) in [5, 5.41) is 0. The van der Waals surface area contributed by atoms with Crippen LogP contribution in [0.4, 0.5) is 0 Å². The molecule has 0 spiro atoms. The molecule has 1 atom stereocenters. The highest BCUT2D eigenvalue weighted by Crippen LogP contribution is 2.15. The second kappa shape index (κ2) is 15.4. The number of amides is 1. The Bertz CT molecular complexity index is 912. The van der Waals surface area contributed by atoms with E-state index in [1.807, 2.05) is 59.5 Å². The number of benzene rings is 2. The maximum Gasteiger partial charge on any atom is 0.241 e. The summed E-state index contributed by atoms with van der Waals surface area (Å²) in [6.45, 7) is 7.38. The normalized spacial score (nSPS) is 15.0. The quantitative estimate of drug-likeness (QED) is 0.298. The lowest BCUT2D eigenvalue weighted by atomic mass is 10.0. The van der Waals surface area contributed by atoms with Crippen LogP contribution in [0.3, 0.4) is 0 Å². The molecule has 2 aromatic carbocycles. The standard InChI is InChI=1S/C29H41N3O4/c1-2-3-5-11-28(33)25-12-14-26(15-13-25)36-21-8-16-31-17-19-32(20-18-31)29(34)27(30)23-35-22-24-9-6-4-7-10-24/h4,6-7,9-10,12-15,27H,2-3,5,8,11,16-23,30H2,1H3. The van der Waals surface area contributed by atoms with Crippen molar-refractivity contribution in [1.29, 1.82) is 0 Å². The number of unbranched alkanes of at least 4 members (excludes halogenated alkanes) is 2. The average molecular weight is 496 g/mol. The predicted octanol–water partition coefficient (Wildman–Crippen LogP) is 3.91. The van der Waals surface area contributed by atoms with E-state index in [4.69, 9.17) is 15.2 Å². The molecule has 36 heavy (non-hydrogen) atoms. The molecule has 0 aromatic heterocycles. The molecule has 1 heterocycles. The van der Waals surface area contributed by atoms with Crippen LogP contribution in [0.15, 0.2) is 54.6 Å². The van der Waals surface area contributed by atoms with E-state index in [2.05, 4.69) is 11.8 Å². The minimum atomic E-state index is -0.633. The van der Waals surface area contributed by atoms with Crippen molar-refractivity contribution < 1.29 is 19.1 Å². The fourth-order valence-corrected chi connectivity index (χ4v) is 4.27. The number of carbonyl (C=O) groups excluding carboxylic acids is 2. The molecule has 0 bridgehead atoms. The van der Waals surface area contributed by atoms with Gasteiger partial charge >= 0.3 is 0 Å². The van der Waals surface area contributed by atoms with Crippen molar-refractivity contribution in [2.24, 2.45) is 5.73 Å². The Hall–Kier alpha value is -2.74. The molecule has 7 heteroatoms. The number of nitrogens with zero attached hydrogens (tertiary/aromatic N) is 2. The van der Waals surface area contributed by atoms with Gasteiger partial charge in [-0.25, -0.2) is 0 Å².